The summed E-state index contributed by atoms with van der Waals surface area (Å²) in [5.74, 6) is 0.347. The SMILES string of the molecule is COC(=O)C1=C(C)N(c2ccccc2)C(=O)/C1=C\c1cc2c(cc1Br)OCO2. The molecule has 0 aliphatic carbocycles. The number of methoxy groups -OCH3 is 1. The zero-order chi connectivity index (χ0) is 19.8. The molecule has 2 aromatic rings. The number of esters is 1. The Kier molecular flexibility index (Phi) is 4.68. The molecule has 4 rings (SSSR count). The van der Waals surface area contributed by atoms with Gasteiger partial charge in [-0.25, -0.2) is 4.79 Å². The second-order valence-electron chi connectivity index (χ2n) is 6.21. The number of benzene rings is 2. The second-order valence-corrected chi connectivity index (χ2v) is 7.07. The van der Waals surface area contributed by atoms with Crippen molar-refractivity contribution in [3.05, 3.63) is 69.3 Å². The summed E-state index contributed by atoms with van der Waals surface area (Å²) in [5, 5.41) is 0. The number of ether oxygens (including phenoxy) is 3. The van der Waals surface area contributed by atoms with Crippen molar-refractivity contribution in [3.63, 3.8) is 0 Å². The van der Waals surface area contributed by atoms with E-state index in [2.05, 4.69) is 15.9 Å². The zero-order valence-electron chi connectivity index (χ0n) is 15.2. The minimum atomic E-state index is -0.563. The molecule has 0 saturated carbocycles. The molecule has 2 aromatic carbocycles. The van der Waals surface area contributed by atoms with Gasteiger partial charge >= 0.3 is 5.97 Å². The molecule has 0 N–H and O–H groups in total. The van der Waals surface area contributed by atoms with E-state index < -0.39 is 5.97 Å². The predicted octanol–water partition coefficient (Wildman–Crippen LogP) is 4.06. The van der Waals surface area contributed by atoms with Crippen LogP contribution in [0.1, 0.15) is 12.5 Å². The van der Waals surface area contributed by atoms with E-state index >= 15 is 0 Å². The van der Waals surface area contributed by atoms with Crippen molar-refractivity contribution in [1.82, 2.24) is 0 Å². The molecule has 1 amide bonds. The number of para-hydroxylation sites is 1. The summed E-state index contributed by atoms with van der Waals surface area (Å²) >= 11 is 3.49. The summed E-state index contributed by atoms with van der Waals surface area (Å²) in [6.45, 7) is 1.88. The van der Waals surface area contributed by atoms with Crippen LogP contribution >= 0.6 is 15.9 Å². The smallest absolute Gasteiger partial charge is 0.340 e. The maximum absolute atomic E-state index is 13.2. The molecule has 142 valence electrons. The molecular formula is C21H16BrNO5. The van der Waals surface area contributed by atoms with Crippen LogP contribution < -0.4 is 14.4 Å². The largest absolute Gasteiger partial charge is 0.465 e. The van der Waals surface area contributed by atoms with Crippen molar-refractivity contribution in [2.75, 3.05) is 18.8 Å². The predicted molar refractivity (Wildman–Crippen MR) is 107 cm³/mol. The van der Waals surface area contributed by atoms with Crippen molar-refractivity contribution in [3.8, 4) is 11.5 Å². The van der Waals surface area contributed by atoms with Gasteiger partial charge in [0.25, 0.3) is 5.91 Å². The third-order valence-electron chi connectivity index (χ3n) is 4.60. The van der Waals surface area contributed by atoms with Crippen LogP contribution in [0.25, 0.3) is 6.08 Å². The number of allylic oxidation sites excluding steroid dienone is 1. The third-order valence-corrected chi connectivity index (χ3v) is 5.28. The van der Waals surface area contributed by atoms with Crippen molar-refractivity contribution < 1.29 is 23.8 Å². The Labute approximate surface area is 170 Å². The molecule has 0 bridgehead atoms. The van der Waals surface area contributed by atoms with Crippen LogP contribution in [-0.2, 0) is 14.3 Å². The normalized spacial score (nSPS) is 16.9. The Morgan fingerprint density at radius 2 is 1.86 bits per heavy atom. The van der Waals surface area contributed by atoms with Crippen molar-refractivity contribution in [2.45, 2.75) is 6.92 Å². The maximum atomic E-state index is 13.2. The summed E-state index contributed by atoms with van der Waals surface area (Å²) in [7, 11) is 1.30. The molecular weight excluding hydrogens is 426 g/mol. The number of halogens is 1. The molecule has 0 saturated heterocycles. The number of anilines is 1. The van der Waals surface area contributed by atoms with Gasteiger partial charge in [0, 0.05) is 15.9 Å². The van der Waals surface area contributed by atoms with Crippen molar-refractivity contribution in [2.24, 2.45) is 0 Å². The highest BCUT2D eigenvalue weighted by Crippen LogP contribution is 2.40. The molecule has 0 radical (unpaired) electrons. The van der Waals surface area contributed by atoms with E-state index in [-0.39, 0.29) is 23.8 Å². The van der Waals surface area contributed by atoms with E-state index in [1.54, 1.807) is 25.1 Å². The minimum Gasteiger partial charge on any atom is -0.465 e. The van der Waals surface area contributed by atoms with Crippen molar-refractivity contribution in [1.29, 1.82) is 0 Å². The van der Waals surface area contributed by atoms with Crippen molar-refractivity contribution >= 4 is 39.6 Å². The van der Waals surface area contributed by atoms with Crippen LogP contribution in [-0.4, -0.2) is 25.8 Å². The van der Waals surface area contributed by atoms with Gasteiger partial charge in [0.15, 0.2) is 11.5 Å². The van der Waals surface area contributed by atoms with E-state index in [4.69, 9.17) is 14.2 Å². The first kappa shape index (κ1) is 18.3. The first-order valence-corrected chi connectivity index (χ1v) is 9.30. The van der Waals surface area contributed by atoms with Crippen LogP contribution in [0.15, 0.2) is 63.8 Å². The van der Waals surface area contributed by atoms with Gasteiger partial charge in [-0.05, 0) is 42.8 Å². The fourth-order valence-electron chi connectivity index (χ4n) is 3.27. The van der Waals surface area contributed by atoms with Crippen LogP contribution in [0.3, 0.4) is 0 Å². The van der Waals surface area contributed by atoms with Gasteiger partial charge in [0.2, 0.25) is 6.79 Å². The van der Waals surface area contributed by atoms with Crippen LogP contribution in [0.5, 0.6) is 11.5 Å². The highest BCUT2D eigenvalue weighted by molar-refractivity contribution is 9.10. The standard InChI is InChI=1S/C21H16BrNO5/c1-12-19(21(25)26-2)15(20(24)23(12)14-6-4-3-5-7-14)8-13-9-17-18(10-16(13)22)28-11-27-17/h3-10H,11H2,1-2H3/b15-8-. The molecule has 0 fully saturated rings. The van der Waals surface area contributed by atoms with Gasteiger partial charge in [-0.2, -0.15) is 0 Å². The number of carbonyl (C=O) groups excluding carboxylic acids is 2. The Hall–Kier alpha value is -3.06. The van der Waals surface area contributed by atoms with E-state index in [9.17, 15) is 9.59 Å². The number of rotatable bonds is 3. The summed E-state index contributed by atoms with van der Waals surface area (Å²) < 4.78 is 16.4. The Morgan fingerprint density at radius 3 is 2.54 bits per heavy atom. The second kappa shape index (κ2) is 7.16. The van der Waals surface area contributed by atoms with E-state index in [0.29, 0.717) is 28.4 Å². The summed E-state index contributed by atoms with van der Waals surface area (Å²) in [6, 6.07) is 12.7. The average molecular weight is 442 g/mol. The summed E-state index contributed by atoms with van der Waals surface area (Å²) in [6.07, 6.45) is 1.66. The molecule has 0 unspecified atom stereocenters. The third kappa shape index (κ3) is 2.97. The number of carbonyl (C=O) groups is 2. The molecule has 2 aliphatic rings. The molecule has 2 aliphatic heterocycles. The molecule has 6 nitrogen and oxygen atoms in total. The van der Waals surface area contributed by atoms with E-state index in [1.165, 1.54) is 12.0 Å². The molecule has 0 aromatic heterocycles. The molecule has 7 heteroatoms. The fourth-order valence-corrected chi connectivity index (χ4v) is 3.70. The van der Waals surface area contributed by atoms with Gasteiger partial charge in [0.1, 0.15) is 0 Å². The van der Waals surface area contributed by atoms with Gasteiger partial charge in [0.05, 0.1) is 18.3 Å². The van der Waals surface area contributed by atoms with Gasteiger partial charge in [-0.1, -0.05) is 34.1 Å². The fraction of sp³-hybridized carbons (Fsp3) is 0.143. The Morgan fingerprint density at radius 1 is 1.18 bits per heavy atom. The number of nitrogens with zero attached hydrogens (tertiary/aromatic N) is 1. The first-order chi connectivity index (χ1) is 13.5. The number of hydrogen-bond acceptors (Lipinski definition) is 5. The average Bonchev–Trinajstić information content (AvgIpc) is 3.24. The first-order valence-electron chi connectivity index (χ1n) is 8.51. The summed E-state index contributed by atoms with van der Waals surface area (Å²) in [4.78, 5) is 27.2. The molecule has 28 heavy (non-hydrogen) atoms. The van der Waals surface area contributed by atoms with E-state index in [0.717, 1.165) is 4.47 Å². The maximum Gasteiger partial charge on any atom is 0.340 e. The Bertz CT molecular complexity index is 1040. The van der Waals surface area contributed by atoms with Crippen LogP contribution in [0, 0.1) is 0 Å². The van der Waals surface area contributed by atoms with Crippen LogP contribution in [0.2, 0.25) is 0 Å². The lowest BCUT2D eigenvalue weighted by molar-refractivity contribution is -0.136. The molecule has 0 spiro atoms. The zero-order valence-corrected chi connectivity index (χ0v) is 16.8. The topological polar surface area (TPSA) is 65.1 Å². The minimum absolute atomic E-state index is 0.148. The van der Waals surface area contributed by atoms with Crippen LogP contribution in [0.4, 0.5) is 5.69 Å². The number of amides is 1. The Balaban J connectivity index is 1.85. The quantitative estimate of drug-likeness (QED) is 0.530. The number of hydrogen-bond donors (Lipinski definition) is 0. The van der Waals surface area contributed by atoms with Gasteiger partial charge in [-0.3, -0.25) is 9.69 Å². The lowest BCUT2D eigenvalue weighted by Crippen LogP contribution is -2.24. The molecule has 2 heterocycles. The van der Waals surface area contributed by atoms with Gasteiger partial charge in [-0.15, -0.1) is 0 Å². The number of fused-ring (bicyclic) bond motifs is 1. The highest BCUT2D eigenvalue weighted by atomic mass is 79.9. The lowest BCUT2D eigenvalue weighted by atomic mass is 10.0. The summed E-state index contributed by atoms with van der Waals surface area (Å²) in [5.41, 5.74) is 2.39. The monoisotopic (exact) mass is 441 g/mol. The lowest BCUT2D eigenvalue weighted by Gasteiger charge is -2.17. The van der Waals surface area contributed by atoms with E-state index in [1.807, 2.05) is 30.3 Å². The van der Waals surface area contributed by atoms with Gasteiger partial charge < -0.3 is 14.2 Å². The highest BCUT2D eigenvalue weighted by Gasteiger charge is 2.38. The molecule has 0 atom stereocenters.